The Bertz CT molecular complexity index is 1560. The van der Waals surface area contributed by atoms with E-state index >= 15 is 0 Å². The molecule has 0 spiro atoms. The first-order chi connectivity index (χ1) is 22.7. The molecule has 0 saturated carbocycles. The number of urea groups is 1. The summed E-state index contributed by atoms with van der Waals surface area (Å²) in [5, 5.41) is 13.4. The lowest BCUT2D eigenvalue weighted by atomic mass is 9.87. The fraction of sp³-hybridized carbons (Fsp3) is 0.325. The molecule has 0 bridgehead atoms. The van der Waals surface area contributed by atoms with E-state index in [-0.39, 0.29) is 37.9 Å². The predicted octanol–water partition coefficient (Wildman–Crippen LogP) is 7.79. The number of hydrogen-bond donors (Lipinski definition) is 2. The minimum Gasteiger partial charge on any atom is -0.479 e. The van der Waals surface area contributed by atoms with Crippen molar-refractivity contribution in [1.29, 1.82) is 0 Å². The van der Waals surface area contributed by atoms with Gasteiger partial charge in [0.15, 0.2) is 0 Å². The van der Waals surface area contributed by atoms with Gasteiger partial charge in [-0.3, -0.25) is 4.79 Å². The van der Waals surface area contributed by atoms with Gasteiger partial charge in [0.05, 0.1) is 5.92 Å². The molecule has 7 nitrogen and oxygen atoms in total. The third-order valence-electron chi connectivity index (χ3n) is 8.42. The molecule has 4 aromatic carbocycles. The Balaban J connectivity index is 1.53. The van der Waals surface area contributed by atoms with Crippen LogP contribution in [0.15, 0.2) is 115 Å². The molecule has 0 fully saturated rings. The number of aliphatic carboxylic acids is 1. The highest BCUT2D eigenvalue weighted by molar-refractivity contribution is 5.87. The Hall–Kier alpha value is -4.91. The van der Waals surface area contributed by atoms with Gasteiger partial charge >= 0.3 is 18.0 Å². The molecule has 47 heavy (non-hydrogen) atoms. The van der Waals surface area contributed by atoms with Gasteiger partial charge in [0.2, 0.25) is 0 Å². The molecule has 4 rings (SSSR count). The lowest BCUT2D eigenvalue weighted by Gasteiger charge is -2.35. The molecule has 0 aliphatic carbocycles. The minimum absolute atomic E-state index is 0.0854. The summed E-state index contributed by atoms with van der Waals surface area (Å²) in [7, 11) is 0. The number of carboxylic acids is 1. The van der Waals surface area contributed by atoms with Gasteiger partial charge in [-0.25, -0.2) is 9.59 Å². The van der Waals surface area contributed by atoms with Crippen LogP contribution in [-0.4, -0.2) is 46.6 Å². The molecule has 0 saturated heterocycles. The molecule has 2 atom stereocenters. The van der Waals surface area contributed by atoms with E-state index in [9.17, 15) is 19.5 Å². The molecule has 0 aliphatic heterocycles. The fourth-order valence-corrected chi connectivity index (χ4v) is 5.68. The smallest absolute Gasteiger partial charge is 0.329 e. The van der Waals surface area contributed by atoms with E-state index in [1.807, 2.05) is 129 Å². The average Bonchev–Trinajstić information content (AvgIpc) is 3.09. The maximum absolute atomic E-state index is 14.0. The number of nitrogens with zero attached hydrogens (tertiary/aromatic N) is 1. The summed E-state index contributed by atoms with van der Waals surface area (Å²) in [4.78, 5) is 41.9. The summed E-state index contributed by atoms with van der Waals surface area (Å²) in [5.41, 5.74) is 3.33. The summed E-state index contributed by atoms with van der Waals surface area (Å²) in [6.07, 6.45) is 1.41. The molecule has 4 aromatic rings. The number of carboxylic acid groups (broad SMARTS) is 1. The van der Waals surface area contributed by atoms with Crippen molar-refractivity contribution in [1.82, 2.24) is 10.2 Å². The summed E-state index contributed by atoms with van der Waals surface area (Å²) >= 11 is 0. The van der Waals surface area contributed by atoms with Crippen LogP contribution in [0.4, 0.5) is 4.79 Å². The van der Waals surface area contributed by atoms with Crippen LogP contribution < -0.4 is 5.32 Å². The fourth-order valence-electron chi connectivity index (χ4n) is 5.68. The molecule has 246 valence electrons. The maximum atomic E-state index is 14.0. The summed E-state index contributed by atoms with van der Waals surface area (Å²) in [6.45, 7) is 6.35. The number of benzene rings is 4. The molecule has 1 unspecified atom stereocenters. The monoisotopic (exact) mass is 634 g/mol. The standard InChI is InChI=1S/C40H46N2O5/c1-4-40(38(44)45,26-32-21-23-35(24-22-32)34-18-12-7-13-19-34)41-39(46)42(27-30(2)3)28-36(25-20-31-14-8-5-9-15-31)37(43)47-29-33-16-10-6-11-17-33/h5-19,21-24,30,36H,4,20,25-29H2,1-3H3,(H,41,46)(H,44,45)/t36?,40-/m0/s1. The molecule has 0 radical (unpaired) electrons. The van der Waals surface area contributed by atoms with Gasteiger partial charge in [-0.2, -0.15) is 0 Å². The van der Waals surface area contributed by atoms with Crippen molar-refractivity contribution in [3.63, 3.8) is 0 Å². The van der Waals surface area contributed by atoms with Crippen molar-refractivity contribution in [3.8, 4) is 11.1 Å². The van der Waals surface area contributed by atoms with Crippen LogP contribution in [-0.2, 0) is 33.8 Å². The van der Waals surface area contributed by atoms with Crippen LogP contribution in [0, 0.1) is 11.8 Å². The quantitative estimate of drug-likeness (QED) is 0.123. The van der Waals surface area contributed by atoms with Crippen LogP contribution in [0.1, 0.15) is 50.3 Å². The first kappa shape index (κ1) is 35.0. The summed E-state index contributed by atoms with van der Waals surface area (Å²) < 4.78 is 5.75. The van der Waals surface area contributed by atoms with Gasteiger partial charge in [0, 0.05) is 19.5 Å². The lowest BCUT2D eigenvalue weighted by molar-refractivity contribution is -0.151. The van der Waals surface area contributed by atoms with Crippen LogP contribution in [0.25, 0.3) is 11.1 Å². The molecule has 2 N–H and O–H groups in total. The number of carbonyl (C=O) groups excluding carboxylic acids is 2. The van der Waals surface area contributed by atoms with E-state index in [0.717, 1.165) is 27.8 Å². The first-order valence-electron chi connectivity index (χ1n) is 16.4. The van der Waals surface area contributed by atoms with Crippen LogP contribution >= 0.6 is 0 Å². The van der Waals surface area contributed by atoms with Gasteiger partial charge in [0.1, 0.15) is 12.1 Å². The average molecular weight is 635 g/mol. The molecule has 7 heteroatoms. The molecule has 0 aromatic heterocycles. The number of esters is 1. The molecular formula is C40H46N2O5. The lowest BCUT2D eigenvalue weighted by Crippen LogP contribution is -2.59. The maximum Gasteiger partial charge on any atom is 0.329 e. The Morgan fingerprint density at radius 2 is 1.30 bits per heavy atom. The number of ether oxygens (including phenoxy) is 1. The van der Waals surface area contributed by atoms with Gasteiger partial charge in [-0.15, -0.1) is 0 Å². The molecule has 2 amide bonds. The zero-order chi connectivity index (χ0) is 33.6. The van der Waals surface area contributed by atoms with Gasteiger partial charge < -0.3 is 20.1 Å². The Kier molecular flexibility index (Phi) is 12.7. The van der Waals surface area contributed by atoms with Crippen LogP contribution in [0.5, 0.6) is 0 Å². The summed E-state index contributed by atoms with van der Waals surface area (Å²) in [6, 6.07) is 36.6. The number of amides is 2. The number of rotatable bonds is 16. The van der Waals surface area contributed by atoms with E-state index in [4.69, 9.17) is 4.74 Å². The van der Waals surface area contributed by atoms with Gasteiger partial charge in [-0.1, -0.05) is 136 Å². The Morgan fingerprint density at radius 3 is 1.85 bits per heavy atom. The molecular weight excluding hydrogens is 588 g/mol. The topological polar surface area (TPSA) is 95.9 Å². The molecule has 0 heterocycles. The number of nitrogens with one attached hydrogen (secondary N) is 1. The second-order valence-electron chi connectivity index (χ2n) is 12.5. The third-order valence-corrected chi connectivity index (χ3v) is 8.42. The Labute approximate surface area is 278 Å². The van der Waals surface area contributed by atoms with Crippen molar-refractivity contribution in [2.24, 2.45) is 11.8 Å². The third kappa shape index (κ3) is 10.3. The van der Waals surface area contributed by atoms with E-state index in [2.05, 4.69) is 5.32 Å². The van der Waals surface area contributed by atoms with Crippen LogP contribution in [0.2, 0.25) is 0 Å². The van der Waals surface area contributed by atoms with Crippen molar-refractivity contribution >= 4 is 18.0 Å². The highest BCUT2D eigenvalue weighted by Gasteiger charge is 2.40. The van der Waals surface area contributed by atoms with E-state index in [0.29, 0.717) is 19.4 Å². The highest BCUT2D eigenvalue weighted by Crippen LogP contribution is 2.24. The van der Waals surface area contributed by atoms with Crippen LogP contribution in [0.3, 0.4) is 0 Å². The minimum atomic E-state index is -1.53. The van der Waals surface area contributed by atoms with E-state index in [1.54, 1.807) is 11.8 Å². The van der Waals surface area contributed by atoms with E-state index < -0.39 is 23.5 Å². The van der Waals surface area contributed by atoms with Crippen molar-refractivity contribution in [2.45, 2.75) is 58.6 Å². The van der Waals surface area contributed by atoms with Crippen molar-refractivity contribution in [2.75, 3.05) is 13.1 Å². The molecule has 0 aliphatic rings. The SMILES string of the molecule is CC[C@@](Cc1ccc(-c2ccccc2)cc1)(NC(=O)N(CC(C)C)CC(CCc1ccccc1)C(=O)OCc1ccccc1)C(=O)O. The van der Waals surface area contributed by atoms with E-state index in [1.165, 1.54) is 0 Å². The zero-order valence-corrected chi connectivity index (χ0v) is 27.6. The van der Waals surface area contributed by atoms with Crippen molar-refractivity contribution in [3.05, 3.63) is 132 Å². The van der Waals surface area contributed by atoms with Gasteiger partial charge in [-0.05, 0) is 53.0 Å². The van der Waals surface area contributed by atoms with Gasteiger partial charge in [0.25, 0.3) is 0 Å². The second-order valence-corrected chi connectivity index (χ2v) is 12.5. The first-order valence-corrected chi connectivity index (χ1v) is 16.4. The number of hydrogen-bond acceptors (Lipinski definition) is 4. The summed E-state index contributed by atoms with van der Waals surface area (Å²) in [5.74, 6) is -2.00. The normalized spacial score (nSPS) is 12.9. The number of carbonyl (C=O) groups is 3. The Morgan fingerprint density at radius 1 is 0.745 bits per heavy atom. The second kappa shape index (κ2) is 17.1. The predicted molar refractivity (Wildman–Crippen MR) is 186 cm³/mol. The van der Waals surface area contributed by atoms with Crippen molar-refractivity contribution < 1.29 is 24.2 Å². The highest BCUT2D eigenvalue weighted by atomic mass is 16.5. The number of aryl methyl sites for hydroxylation is 1. The zero-order valence-electron chi connectivity index (χ0n) is 27.6. The largest absolute Gasteiger partial charge is 0.479 e.